The molecule has 0 aliphatic heterocycles. The molecular formula is C21H31NO7S. The molecule has 1 saturated carbocycles. The van der Waals surface area contributed by atoms with Crippen LogP contribution in [0.2, 0.25) is 0 Å². The van der Waals surface area contributed by atoms with Gasteiger partial charge in [0.05, 0.1) is 12.5 Å². The van der Waals surface area contributed by atoms with E-state index in [1.807, 2.05) is 0 Å². The van der Waals surface area contributed by atoms with Crippen LogP contribution in [0.15, 0.2) is 30.3 Å². The van der Waals surface area contributed by atoms with Crippen LogP contribution in [0.3, 0.4) is 0 Å². The zero-order valence-electron chi connectivity index (χ0n) is 18.0. The van der Waals surface area contributed by atoms with Crippen molar-refractivity contribution in [2.45, 2.75) is 65.0 Å². The molecular weight excluding hydrogens is 410 g/mol. The number of hydrogen-bond acceptors (Lipinski definition) is 7. The van der Waals surface area contributed by atoms with Gasteiger partial charge in [-0.25, -0.2) is 4.18 Å². The third-order valence-corrected chi connectivity index (χ3v) is 5.41. The number of hydrogen-bond donors (Lipinski definition) is 0. The Morgan fingerprint density at radius 2 is 1.73 bits per heavy atom. The first kappa shape index (κ1) is 24.1. The highest BCUT2D eigenvalue weighted by molar-refractivity contribution is 7.82. The maximum Gasteiger partial charge on any atom is 0.449 e. The molecule has 1 aromatic carbocycles. The highest BCUT2D eigenvalue weighted by atomic mass is 32.3. The molecule has 0 N–H and O–H groups in total. The van der Waals surface area contributed by atoms with Gasteiger partial charge in [-0.05, 0) is 45.7 Å². The van der Waals surface area contributed by atoms with E-state index in [-0.39, 0.29) is 30.9 Å². The Bertz CT molecular complexity index is 812. The quantitative estimate of drug-likeness (QED) is 0.543. The first-order chi connectivity index (χ1) is 14.0. The molecule has 168 valence electrons. The number of rotatable bonds is 9. The monoisotopic (exact) mass is 441 g/mol. The van der Waals surface area contributed by atoms with Gasteiger partial charge >= 0.3 is 16.4 Å². The van der Waals surface area contributed by atoms with Crippen molar-refractivity contribution in [2.75, 3.05) is 13.2 Å². The Labute approximate surface area is 178 Å². The lowest BCUT2D eigenvalue weighted by Crippen LogP contribution is -2.47. The van der Waals surface area contributed by atoms with E-state index in [1.165, 1.54) is 17.0 Å². The van der Waals surface area contributed by atoms with Crippen molar-refractivity contribution >= 4 is 22.3 Å². The van der Waals surface area contributed by atoms with Crippen LogP contribution in [0.4, 0.5) is 0 Å². The van der Waals surface area contributed by atoms with Crippen LogP contribution in [0, 0.1) is 5.92 Å². The van der Waals surface area contributed by atoms with Crippen molar-refractivity contribution in [1.82, 2.24) is 4.90 Å². The molecule has 2 rings (SSSR count). The molecule has 30 heavy (non-hydrogen) atoms. The Kier molecular flexibility index (Phi) is 8.25. The zero-order valence-corrected chi connectivity index (χ0v) is 18.8. The summed E-state index contributed by atoms with van der Waals surface area (Å²) >= 11 is 0. The molecule has 0 radical (unpaired) electrons. The molecule has 1 atom stereocenters. The van der Waals surface area contributed by atoms with Crippen LogP contribution in [0.1, 0.15) is 53.4 Å². The van der Waals surface area contributed by atoms with Gasteiger partial charge < -0.3 is 13.8 Å². The fraction of sp³-hybridized carbons (Fsp3) is 0.619. The van der Waals surface area contributed by atoms with Gasteiger partial charge in [-0.1, -0.05) is 38.0 Å². The minimum atomic E-state index is -4.32. The maximum absolute atomic E-state index is 13.0. The summed E-state index contributed by atoms with van der Waals surface area (Å²) in [4.78, 5) is 26.8. The average Bonchev–Trinajstić information content (AvgIpc) is 3.17. The molecule has 0 bridgehead atoms. The lowest BCUT2D eigenvalue weighted by atomic mass is 10.1. The highest BCUT2D eigenvalue weighted by Crippen LogP contribution is 2.25. The van der Waals surface area contributed by atoms with Crippen molar-refractivity contribution in [3.05, 3.63) is 30.3 Å². The van der Waals surface area contributed by atoms with Gasteiger partial charge in [0.2, 0.25) is 5.91 Å². The first-order valence-corrected chi connectivity index (χ1v) is 11.5. The molecule has 1 amide bonds. The zero-order chi connectivity index (χ0) is 22.4. The summed E-state index contributed by atoms with van der Waals surface area (Å²) in [7, 11) is -4.32. The Morgan fingerprint density at radius 1 is 1.13 bits per heavy atom. The SMILES string of the molecule is CC(COS(=O)(=O)Oc1ccccc1)C(=O)N(CC(=O)OC(C)(C)C)C1CCCC1. The number of amides is 1. The lowest BCUT2D eigenvalue weighted by molar-refractivity contribution is -0.161. The number of para-hydroxylation sites is 1. The summed E-state index contributed by atoms with van der Waals surface area (Å²) in [5.74, 6) is -1.49. The van der Waals surface area contributed by atoms with Gasteiger partial charge in [0, 0.05) is 6.04 Å². The fourth-order valence-electron chi connectivity index (χ4n) is 3.27. The van der Waals surface area contributed by atoms with Crippen LogP contribution in [0.25, 0.3) is 0 Å². The van der Waals surface area contributed by atoms with Crippen molar-refractivity contribution in [2.24, 2.45) is 5.92 Å². The number of ether oxygens (including phenoxy) is 1. The van der Waals surface area contributed by atoms with Gasteiger partial charge in [0.25, 0.3) is 0 Å². The standard InChI is InChI=1S/C21H31NO7S/c1-16(15-27-30(25,26)29-18-12-6-5-7-13-18)20(24)22(17-10-8-9-11-17)14-19(23)28-21(2,3)4/h5-7,12-13,16-17H,8-11,14-15H2,1-4H3. The van der Waals surface area contributed by atoms with Crippen molar-refractivity contribution in [3.63, 3.8) is 0 Å². The summed E-state index contributed by atoms with van der Waals surface area (Å²) in [6, 6.07) is 7.89. The number of benzene rings is 1. The topological polar surface area (TPSA) is 99.2 Å². The summed E-state index contributed by atoms with van der Waals surface area (Å²) < 4.78 is 39.2. The predicted molar refractivity (Wildman–Crippen MR) is 111 cm³/mol. The second-order valence-corrected chi connectivity index (χ2v) is 9.70. The first-order valence-electron chi connectivity index (χ1n) is 10.1. The van der Waals surface area contributed by atoms with E-state index in [9.17, 15) is 18.0 Å². The molecule has 0 saturated heterocycles. The Balaban J connectivity index is 1.99. The van der Waals surface area contributed by atoms with Crippen LogP contribution < -0.4 is 4.18 Å². The minimum absolute atomic E-state index is 0.0651. The average molecular weight is 442 g/mol. The number of nitrogens with zero attached hydrogens (tertiary/aromatic N) is 1. The lowest BCUT2D eigenvalue weighted by Gasteiger charge is -2.31. The fourth-order valence-corrected chi connectivity index (χ4v) is 4.04. The summed E-state index contributed by atoms with van der Waals surface area (Å²) in [6.07, 6.45) is 3.56. The molecule has 0 aromatic heterocycles. The molecule has 1 aliphatic rings. The molecule has 8 nitrogen and oxygen atoms in total. The second kappa shape index (κ2) is 10.3. The summed E-state index contributed by atoms with van der Waals surface area (Å²) in [5.41, 5.74) is -0.654. The van der Waals surface area contributed by atoms with Gasteiger partial charge in [0.1, 0.15) is 17.9 Å². The summed E-state index contributed by atoms with van der Waals surface area (Å²) in [5, 5.41) is 0. The molecule has 0 spiro atoms. The van der Waals surface area contributed by atoms with E-state index in [0.29, 0.717) is 0 Å². The molecule has 1 aromatic rings. The van der Waals surface area contributed by atoms with Crippen LogP contribution in [-0.2, 0) is 28.9 Å². The number of carbonyl (C=O) groups excluding carboxylic acids is 2. The van der Waals surface area contributed by atoms with Gasteiger partial charge in [-0.2, -0.15) is 8.42 Å². The van der Waals surface area contributed by atoms with E-state index in [4.69, 9.17) is 13.1 Å². The third kappa shape index (κ3) is 7.95. The van der Waals surface area contributed by atoms with Gasteiger partial charge in [-0.15, -0.1) is 0 Å². The van der Waals surface area contributed by atoms with E-state index in [0.717, 1.165) is 25.7 Å². The normalized spacial score (nSPS) is 16.1. The maximum atomic E-state index is 13.0. The van der Waals surface area contributed by atoms with Gasteiger partial charge in [0.15, 0.2) is 0 Å². The molecule has 9 heteroatoms. The number of esters is 1. The van der Waals surface area contributed by atoms with Crippen molar-refractivity contribution in [3.8, 4) is 5.75 Å². The molecule has 1 fully saturated rings. The van der Waals surface area contributed by atoms with Crippen LogP contribution in [0.5, 0.6) is 5.75 Å². The molecule has 0 heterocycles. The second-order valence-electron chi connectivity index (χ2n) is 8.48. The Morgan fingerprint density at radius 3 is 2.30 bits per heavy atom. The van der Waals surface area contributed by atoms with Gasteiger partial charge in [-0.3, -0.25) is 9.59 Å². The van der Waals surface area contributed by atoms with Crippen LogP contribution >= 0.6 is 0 Å². The minimum Gasteiger partial charge on any atom is -0.459 e. The Hall–Kier alpha value is -2.13. The highest BCUT2D eigenvalue weighted by Gasteiger charge is 2.33. The molecule has 1 unspecified atom stereocenters. The summed E-state index contributed by atoms with van der Waals surface area (Å²) in [6.45, 7) is 6.31. The smallest absolute Gasteiger partial charge is 0.449 e. The van der Waals surface area contributed by atoms with E-state index in [2.05, 4.69) is 0 Å². The molecule has 1 aliphatic carbocycles. The van der Waals surface area contributed by atoms with E-state index < -0.39 is 27.9 Å². The number of carbonyl (C=O) groups is 2. The van der Waals surface area contributed by atoms with Crippen LogP contribution in [-0.4, -0.2) is 50.0 Å². The van der Waals surface area contributed by atoms with Crippen molar-refractivity contribution in [1.29, 1.82) is 0 Å². The van der Waals surface area contributed by atoms with E-state index in [1.54, 1.807) is 45.9 Å². The van der Waals surface area contributed by atoms with E-state index >= 15 is 0 Å². The largest absolute Gasteiger partial charge is 0.459 e. The third-order valence-electron chi connectivity index (χ3n) is 4.59. The van der Waals surface area contributed by atoms with Crippen molar-refractivity contribution < 1.29 is 31.1 Å². The predicted octanol–water partition coefficient (Wildman–Crippen LogP) is 3.08.